The molecule has 18 heavy (non-hydrogen) atoms. The summed E-state index contributed by atoms with van der Waals surface area (Å²) in [5, 5.41) is 6.16. The lowest BCUT2D eigenvalue weighted by Gasteiger charge is -2.01. The Kier molecular flexibility index (Phi) is 3.88. The maximum atomic E-state index is 11.9. The lowest BCUT2D eigenvalue weighted by molar-refractivity contribution is -0.113. The number of carbonyl (C=O) groups excluding carboxylic acids is 1. The quantitative estimate of drug-likeness (QED) is 0.912. The third kappa shape index (κ3) is 3.27. The first-order chi connectivity index (χ1) is 8.65. The Balaban J connectivity index is 1.94. The SMILES string of the molecule is Cc1cc(NC(=O)CS(=O)c2ccccc2)no1. The molecule has 2 rings (SSSR count). The van der Waals surface area contributed by atoms with Crippen LogP contribution >= 0.6 is 0 Å². The summed E-state index contributed by atoms with van der Waals surface area (Å²) in [5.74, 6) is 0.484. The molecule has 0 radical (unpaired) electrons. The Morgan fingerprint density at radius 2 is 2.11 bits per heavy atom. The van der Waals surface area contributed by atoms with Gasteiger partial charge in [-0.3, -0.25) is 9.00 Å². The van der Waals surface area contributed by atoms with Gasteiger partial charge in [-0.2, -0.15) is 0 Å². The highest BCUT2D eigenvalue weighted by molar-refractivity contribution is 7.85. The molecular formula is C12H12N2O3S. The average molecular weight is 264 g/mol. The lowest BCUT2D eigenvalue weighted by Crippen LogP contribution is -2.19. The fourth-order valence-electron chi connectivity index (χ4n) is 1.38. The van der Waals surface area contributed by atoms with Crippen molar-refractivity contribution < 1.29 is 13.5 Å². The van der Waals surface area contributed by atoms with E-state index in [1.54, 1.807) is 37.3 Å². The van der Waals surface area contributed by atoms with E-state index < -0.39 is 10.8 Å². The van der Waals surface area contributed by atoms with Gasteiger partial charge < -0.3 is 9.84 Å². The Bertz CT molecular complexity index is 566. The lowest BCUT2D eigenvalue weighted by atomic mass is 10.4. The highest BCUT2D eigenvalue weighted by atomic mass is 32.2. The number of amides is 1. The van der Waals surface area contributed by atoms with Crippen molar-refractivity contribution >= 4 is 22.5 Å². The van der Waals surface area contributed by atoms with E-state index in [1.165, 1.54) is 0 Å². The van der Waals surface area contributed by atoms with Crippen LogP contribution in [0.4, 0.5) is 5.82 Å². The van der Waals surface area contributed by atoms with Crippen molar-refractivity contribution in [1.82, 2.24) is 5.16 Å². The monoisotopic (exact) mass is 264 g/mol. The molecule has 0 fully saturated rings. The molecule has 0 aliphatic rings. The molecule has 1 heterocycles. The summed E-state index contributed by atoms with van der Waals surface area (Å²) in [4.78, 5) is 12.2. The van der Waals surface area contributed by atoms with Gasteiger partial charge in [-0.15, -0.1) is 0 Å². The topological polar surface area (TPSA) is 72.2 Å². The molecule has 0 bridgehead atoms. The summed E-state index contributed by atoms with van der Waals surface area (Å²) in [6.45, 7) is 1.73. The standard InChI is InChI=1S/C12H12N2O3S/c1-9-7-11(14-17-9)13-12(15)8-18(16)10-5-3-2-4-6-10/h2-7H,8H2,1H3,(H,13,14,15). The van der Waals surface area contributed by atoms with Gasteiger partial charge in [0.1, 0.15) is 11.5 Å². The van der Waals surface area contributed by atoms with Gasteiger partial charge in [0, 0.05) is 11.0 Å². The van der Waals surface area contributed by atoms with Gasteiger partial charge in [-0.25, -0.2) is 0 Å². The highest BCUT2D eigenvalue weighted by Gasteiger charge is 2.11. The minimum atomic E-state index is -1.35. The van der Waals surface area contributed by atoms with Crippen LogP contribution in [0.1, 0.15) is 5.76 Å². The van der Waals surface area contributed by atoms with E-state index >= 15 is 0 Å². The predicted molar refractivity (Wildman–Crippen MR) is 67.6 cm³/mol. The van der Waals surface area contributed by atoms with Crippen molar-refractivity contribution in [2.24, 2.45) is 0 Å². The summed E-state index contributed by atoms with van der Waals surface area (Å²) >= 11 is 0. The second-order valence-electron chi connectivity index (χ2n) is 3.67. The molecule has 0 spiro atoms. The normalized spacial score (nSPS) is 12.1. The number of hydrogen-bond donors (Lipinski definition) is 1. The Morgan fingerprint density at radius 3 is 2.72 bits per heavy atom. The maximum Gasteiger partial charge on any atom is 0.238 e. The molecule has 0 saturated carbocycles. The average Bonchev–Trinajstić information content (AvgIpc) is 2.75. The molecule has 1 N–H and O–H groups in total. The third-order valence-corrected chi connectivity index (χ3v) is 3.49. The molecule has 0 aliphatic carbocycles. The first-order valence-electron chi connectivity index (χ1n) is 5.32. The fourth-order valence-corrected chi connectivity index (χ4v) is 2.32. The summed E-state index contributed by atoms with van der Waals surface area (Å²) in [5.41, 5.74) is 0. The molecule has 1 amide bonds. The van der Waals surface area contributed by atoms with Crippen LogP contribution < -0.4 is 5.32 Å². The molecule has 94 valence electrons. The minimum absolute atomic E-state index is 0.101. The molecule has 5 nitrogen and oxygen atoms in total. The van der Waals surface area contributed by atoms with Crippen molar-refractivity contribution in [2.45, 2.75) is 11.8 Å². The minimum Gasteiger partial charge on any atom is -0.360 e. The smallest absolute Gasteiger partial charge is 0.238 e. The van der Waals surface area contributed by atoms with E-state index in [4.69, 9.17) is 4.52 Å². The van der Waals surface area contributed by atoms with Crippen LogP contribution in [0.2, 0.25) is 0 Å². The second kappa shape index (κ2) is 5.59. The van der Waals surface area contributed by atoms with Crippen LogP contribution in [0.3, 0.4) is 0 Å². The summed E-state index contributed by atoms with van der Waals surface area (Å²) < 4.78 is 16.7. The zero-order chi connectivity index (χ0) is 13.0. The number of nitrogens with zero attached hydrogens (tertiary/aromatic N) is 1. The van der Waals surface area contributed by atoms with Gasteiger partial charge in [0.05, 0.1) is 10.8 Å². The number of hydrogen-bond acceptors (Lipinski definition) is 4. The van der Waals surface area contributed by atoms with E-state index in [0.717, 1.165) is 0 Å². The van der Waals surface area contributed by atoms with E-state index in [0.29, 0.717) is 16.5 Å². The number of aromatic nitrogens is 1. The number of benzene rings is 1. The first-order valence-corrected chi connectivity index (χ1v) is 6.63. The number of aryl methyl sites for hydroxylation is 1. The molecule has 0 saturated heterocycles. The molecule has 0 aliphatic heterocycles. The number of anilines is 1. The largest absolute Gasteiger partial charge is 0.360 e. The maximum absolute atomic E-state index is 11.9. The first kappa shape index (κ1) is 12.5. The van der Waals surface area contributed by atoms with Crippen LogP contribution in [0.25, 0.3) is 0 Å². The van der Waals surface area contributed by atoms with Crippen LogP contribution in [0.5, 0.6) is 0 Å². The predicted octanol–water partition coefficient (Wildman–Crippen LogP) is 1.73. The Hall–Kier alpha value is -1.95. The van der Waals surface area contributed by atoms with Crippen LogP contribution in [-0.4, -0.2) is 21.0 Å². The Morgan fingerprint density at radius 1 is 1.39 bits per heavy atom. The van der Waals surface area contributed by atoms with Crippen molar-refractivity contribution in [1.29, 1.82) is 0 Å². The number of nitrogens with one attached hydrogen (secondary N) is 1. The van der Waals surface area contributed by atoms with Gasteiger partial charge in [0.2, 0.25) is 5.91 Å². The molecule has 1 aromatic heterocycles. The van der Waals surface area contributed by atoms with Gasteiger partial charge in [0.15, 0.2) is 5.82 Å². The van der Waals surface area contributed by atoms with Crippen molar-refractivity contribution in [3.63, 3.8) is 0 Å². The molecule has 1 unspecified atom stereocenters. The van der Waals surface area contributed by atoms with Crippen LogP contribution in [-0.2, 0) is 15.6 Å². The van der Waals surface area contributed by atoms with E-state index in [1.807, 2.05) is 6.07 Å². The van der Waals surface area contributed by atoms with Crippen molar-refractivity contribution in [3.8, 4) is 0 Å². The van der Waals surface area contributed by atoms with Crippen molar-refractivity contribution in [3.05, 3.63) is 42.2 Å². The highest BCUT2D eigenvalue weighted by Crippen LogP contribution is 2.09. The van der Waals surface area contributed by atoms with E-state index in [-0.39, 0.29) is 11.7 Å². The zero-order valence-corrected chi connectivity index (χ0v) is 10.6. The summed E-state index contributed by atoms with van der Waals surface area (Å²) in [6.07, 6.45) is 0. The Labute approximate surface area is 107 Å². The van der Waals surface area contributed by atoms with Crippen LogP contribution in [0, 0.1) is 6.92 Å². The van der Waals surface area contributed by atoms with Gasteiger partial charge in [-0.1, -0.05) is 23.4 Å². The van der Waals surface area contributed by atoms with E-state index in [2.05, 4.69) is 10.5 Å². The number of carbonyl (C=O) groups is 1. The summed E-state index contributed by atoms with van der Waals surface area (Å²) in [6, 6.07) is 10.5. The molecule has 2 aromatic rings. The molecule has 1 aromatic carbocycles. The third-order valence-electron chi connectivity index (χ3n) is 2.16. The van der Waals surface area contributed by atoms with Gasteiger partial charge in [0.25, 0.3) is 0 Å². The molecular weight excluding hydrogens is 252 g/mol. The summed E-state index contributed by atoms with van der Waals surface area (Å²) in [7, 11) is -1.35. The second-order valence-corrected chi connectivity index (χ2v) is 5.13. The molecule has 6 heteroatoms. The van der Waals surface area contributed by atoms with Gasteiger partial charge in [-0.05, 0) is 19.1 Å². The van der Waals surface area contributed by atoms with Crippen molar-refractivity contribution in [2.75, 3.05) is 11.1 Å². The van der Waals surface area contributed by atoms with E-state index in [9.17, 15) is 9.00 Å². The fraction of sp³-hybridized carbons (Fsp3) is 0.167. The number of rotatable bonds is 4. The van der Waals surface area contributed by atoms with Gasteiger partial charge >= 0.3 is 0 Å². The van der Waals surface area contributed by atoms with Crippen LogP contribution in [0.15, 0.2) is 45.8 Å². The molecule has 1 atom stereocenters. The zero-order valence-electron chi connectivity index (χ0n) is 9.75.